The van der Waals surface area contributed by atoms with Crippen LogP contribution in [0.3, 0.4) is 0 Å². The number of aliphatic carboxylic acids is 1. The fourth-order valence-corrected chi connectivity index (χ4v) is 6.65. The number of hydrogen-bond donors (Lipinski definition) is 1. The zero-order valence-corrected chi connectivity index (χ0v) is 24.0. The van der Waals surface area contributed by atoms with Gasteiger partial charge in [0, 0.05) is 31.7 Å². The van der Waals surface area contributed by atoms with Crippen LogP contribution in [0.25, 0.3) is 0 Å². The van der Waals surface area contributed by atoms with Crippen molar-refractivity contribution in [3.8, 4) is 11.5 Å². The summed E-state index contributed by atoms with van der Waals surface area (Å²) in [6.45, 7) is 5.17. The fraction of sp³-hybridized carbons (Fsp3) is 0.576. The van der Waals surface area contributed by atoms with Crippen molar-refractivity contribution in [3.63, 3.8) is 0 Å². The molecular formula is C33H44N2O5. The molecule has 7 nitrogen and oxygen atoms in total. The molecule has 0 spiro atoms. The van der Waals surface area contributed by atoms with Gasteiger partial charge in [0.2, 0.25) is 0 Å². The molecule has 3 fully saturated rings. The molecule has 5 rings (SSSR count). The highest BCUT2D eigenvalue weighted by molar-refractivity contribution is 6.00. The van der Waals surface area contributed by atoms with Gasteiger partial charge < -0.3 is 24.4 Å². The average Bonchev–Trinajstić information content (AvgIpc) is 3.69. The molecule has 1 aliphatic heterocycles. The number of anilines is 1. The molecule has 2 aliphatic carbocycles. The van der Waals surface area contributed by atoms with Crippen molar-refractivity contribution in [2.75, 3.05) is 38.3 Å². The first kappa shape index (κ1) is 28.3. The summed E-state index contributed by atoms with van der Waals surface area (Å²) in [5.41, 5.74) is 2.82. The Hall–Kier alpha value is -3.22. The molecule has 0 bridgehead atoms. The number of carbonyl (C=O) groups excluding carboxylic acids is 1. The molecule has 216 valence electrons. The van der Waals surface area contributed by atoms with E-state index in [2.05, 4.69) is 16.7 Å². The van der Waals surface area contributed by atoms with Gasteiger partial charge in [0.05, 0.1) is 31.4 Å². The second-order valence-electron chi connectivity index (χ2n) is 11.8. The van der Waals surface area contributed by atoms with E-state index in [1.165, 1.54) is 12.8 Å². The predicted molar refractivity (Wildman–Crippen MR) is 157 cm³/mol. The molecule has 40 heavy (non-hydrogen) atoms. The van der Waals surface area contributed by atoms with E-state index in [0.717, 1.165) is 86.5 Å². The van der Waals surface area contributed by atoms with Gasteiger partial charge in [-0.2, -0.15) is 0 Å². The lowest BCUT2D eigenvalue weighted by molar-refractivity contribution is -0.137. The smallest absolute Gasteiger partial charge is 0.303 e. The number of nitrogens with zero attached hydrogens (tertiary/aromatic N) is 2. The van der Waals surface area contributed by atoms with Gasteiger partial charge in [0.15, 0.2) is 0 Å². The summed E-state index contributed by atoms with van der Waals surface area (Å²) in [6, 6.07) is 14.2. The van der Waals surface area contributed by atoms with Crippen molar-refractivity contribution < 1.29 is 24.2 Å². The number of carboxylic acids is 1. The molecule has 1 heterocycles. The van der Waals surface area contributed by atoms with E-state index in [9.17, 15) is 14.7 Å². The topological polar surface area (TPSA) is 79.3 Å². The van der Waals surface area contributed by atoms with Gasteiger partial charge in [-0.05, 0) is 93.0 Å². The Labute approximate surface area is 238 Å². The summed E-state index contributed by atoms with van der Waals surface area (Å²) in [7, 11) is 1.67. The molecule has 0 radical (unpaired) electrons. The van der Waals surface area contributed by atoms with Crippen molar-refractivity contribution in [2.24, 2.45) is 11.8 Å². The number of methoxy groups -OCH3 is 1. The van der Waals surface area contributed by atoms with E-state index in [1.54, 1.807) is 7.11 Å². The van der Waals surface area contributed by atoms with Gasteiger partial charge in [-0.15, -0.1) is 0 Å². The van der Waals surface area contributed by atoms with Gasteiger partial charge in [-0.1, -0.05) is 25.0 Å². The van der Waals surface area contributed by atoms with Gasteiger partial charge in [-0.25, -0.2) is 0 Å². The SMILES string of the molecule is CCN(C(=O)c1ccc(OC)cc1N1CCC(COc2cccc(C(CC(=O)O)C3CC3)c2)CC1)C1CCCC1. The van der Waals surface area contributed by atoms with E-state index in [-0.39, 0.29) is 18.2 Å². The van der Waals surface area contributed by atoms with Crippen molar-refractivity contribution in [2.45, 2.75) is 76.7 Å². The van der Waals surface area contributed by atoms with E-state index < -0.39 is 5.97 Å². The van der Waals surface area contributed by atoms with Crippen molar-refractivity contribution >= 4 is 17.6 Å². The summed E-state index contributed by atoms with van der Waals surface area (Å²) < 4.78 is 11.8. The zero-order chi connectivity index (χ0) is 28.1. The van der Waals surface area contributed by atoms with E-state index in [0.29, 0.717) is 24.5 Å². The summed E-state index contributed by atoms with van der Waals surface area (Å²) in [4.78, 5) is 29.5. The highest BCUT2D eigenvalue weighted by Crippen LogP contribution is 2.45. The maximum absolute atomic E-state index is 13.7. The normalized spacial score (nSPS) is 18.9. The third kappa shape index (κ3) is 6.73. The Morgan fingerprint density at radius 2 is 1.75 bits per heavy atom. The van der Waals surface area contributed by atoms with Crippen LogP contribution in [0, 0.1) is 11.8 Å². The zero-order valence-electron chi connectivity index (χ0n) is 24.0. The maximum Gasteiger partial charge on any atom is 0.303 e. The number of piperidine rings is 1. The third-order valence-electron chi connectivity index (χ3n) is 9.12. The third-order valence-corrected chi connectivity index (χ3v) is 9.12. The van der Waals surface area contributed by atoms with Crippen LogP contribution in [0.15, 0.2) is 42.5 Å². The quantitative estimate of drug-likeness (QED) is 0.332. The number of ether oxygens (including phenoxy) is 2. The number of rotatable bonds is 12. The molecule has 2 aromatic rings. The van der Waals surface area contributed by atoms with Crippen molar-refractivity contribution in [3.05, 3.63) is 53.6 Å². The number of amides is 1. The Bertz CT molecular complexity index is 1170. The molecule has 3 aliphatic rings. The fourth-order valence-electron chi connectivity index (χ4n) is 6.65. The van der Waals surface area contributed by atoms with Crippen molar-refractivity contribution in [1.29, 1.82) is 0 Å². The first-order chi connectivity index (χ1) is 19.5. The van der Waals surface area contributed by atoms with E-state index in [1.807, 2.05) is 42.5 Å². The van der Waals surface area contributed by atoms with Crippen LogP contribution in [0.4, 0.5) is 5.69 Å². The lowest BCUT2D eigenvalue weighted by atomic mass is 9.91. The second kappa shape index (κ2) is 13.0. The minimum Gasteiger partial charge on any atom is -0.497 e. The van der Waals surface area contributed by atoms with Gasteiger partial charge in [0.25, 0.3) is 5.91 Å². The number of carboxylic acid groups (broad SMARTS) is 1. The summed E-state index contributed by atoms with van der Waals surface area (Å²) in [5.74, 6) is 1.96. The molecule has 1 unspecified atom stereocenters. The standard InChI is InChI=1S/C33H44N2O5/c1-3-35(26-8-4-5-9-26)33(38)29-14-13-27(39-2)20-31(29)34-17-15-23(16-18-34)22-40-28-10-6-7-25(19-28)30(21-32(36)37)24-11-12-24/h6-7,10,13-14,19-20,23-24,26,30H,3-5,8-9,11-12,15-18,21-22H2,1-2H3,(H,36,37). The molecule has 0 aromatic heterocycles. The van der Waals surface area contributed by atoms with Crippen LogP contribution in [-0.2, 0) is 4.79 Å². The predicted octanol–water partition coefficient (Wildman–Crippen LogP) is 6.36. The highest BCUT2D eigenvalue weighted by Gasteiger charge is 2.34. The molecule has 1 atom stereocenters. The van der Waals surface area contributed by atoms with Crippen LogP contribution >= 0.6 is 0 Å². The molecule has 1 N–H and O–H groups in total. The highest BCUT2D eigenvalue weighted by atomic mass is 16.5. The largest absolute Gasteiger partial charge is 0.497 e. The van der Waals surface area contributed by atoms with E-state index >= 15 is 0 Å². The Balaban J connectivity index is 1.21. The first-order valence-electron chi connectivity index (χ1n) is 15.1. The Morgan fingerprint density at radius 3 is 2.40 bits per heavy atom. The van der Waals surface area contributed by atoms with Crippen LogP contribution in [0.2, 0.25) is 0 Å². The van der Waals surface area contributed by atoms with Crippen LogP contribution in [0.5, 0.6) is 11.5 Å². The molecule has 7 heteroatoms. The molecule has 2 aromatic carbocycles. The number of benzene rings is 2. The Kier molecular flexibility index (Phi) is 9.18. The molecule has 1 saturated heterocycles. The average molecular weight is 549 g/mol. The monoisotopic (exact) mass is 548 g/mol. The minimum absolute atomic E-state index is 0.0707. The van der Waals surface area contributed by atoms with Crippen LogP contribution < -0.4 is 14.4 Å². The second-order valence-corrected chi connectivity index (χ2v) is 11.8. The molecular weight excluding hydrogens is 504 g/mol. The number of hydrogen-bond acceptors (Lipinski definition) is 5. The maximum atomic E-state index is 13.7. The van der Waals surface area contributed by atoms with E-state index in [4.69, 9.17) is 9.47 Å². The van der Waals surface area contributed by atoms with Gasteiger partial charge in [0.1, 0.15) is 11.5 Å². The minimum atomic E-state index is -0.739. The van der Waals surface area contributed by atoms with Crippen molar-refractivity contribution in [1.82, 2.24) is 4.90 Å². The van der Waals surface area contributed by atoms with Crippen LogP contribution in [-0.4, -0.2) is 61.3 Å². The van der Waals surface area contributed by atoms with Gasteiger partial charge in [-0.3, -0.25) is 9.59 Å². The Morgan fingerprint density at radius 1 is 1.00 bits per heavy atom. The lowest BCUT2D eigenvalue weighted by Gasteiger charge is -2.36. The molecule has 2 saturated carbocycles. The lowest BCUT2D eigenvalue weighted by Crippen LogP contribution is -2.41. The molecule has 1 amide bonds. The first-order valence-corrected chi connectivity index (χ1v) is 15.1. The number of carbonyl (C=O) groups is 2. The summed E-state index contributed by atoms with van der Waals surface area (Å²) >= 11 is 0. The van der Waals surface area contributed by atoms with Crippen LogP contribution in [0.1, 0.15) is 86.6 Å². The van der Waals surface area contributed by atoms with Gasteiger partial charge >= 0.3 is 5.97 Å². The summed E-state index contributed by atoms with van der Waals surface area (Å²) in [5, 5.41) is 9.37. The summed E-state index contributed by atoms with van der Waals surface area (Å²) in [6.07, 6.45) is 8.96.